The van der Waals surface area contributed by atoms with Gasteiger partial charge in [0.2, 0.25) is 11.8 Å². The van der Waals surface area contributed by atoms with Gasteiger partial charge in [-0.1, -0.05) is 51.1 Å². The van der Waals surface area contributed by atoms with Crippen molar-refractivity contribution in [1.82, 2.24) is 24.6 Å². The first-order chi connectivity index (χ1) is 17.7. The molecule has 0 saturated carbocycles. The number of hydrogen-bond donors (Lipinski definition) is 1. The van der Waals surface area contributed by atoms with Gasteiger partial charge < -0.3 is 19.7 Å². The predicted molar refractivity (Wildman–Crippen MR) is 157 cm³/mol. The van der Waals surface area contributed by atoms with E-state index in [9.17, 15) is 9.59 Å². The second-order valence-electron chi connectivity index (χ2n) is 8.51. The molecule has 3 heterocycles. The third-order valence-corrected chi connectivity index (χ3v) is 7.03. The van der Waals surface area contributed by atoms with Gasteiger partial charge in [-0.2, -0.15) is 5.10 Å². The maximum absolute atomic E-state index is 12.6. The van der Waals surface area contributed by atoms with Crippen LogP contribution >= 0.6 is 45.2 Å². The lowest BCUT2D eigenvalue weighted by Gasteiger charge is -2.18. The van der Waals surface area contributed by atoms with Crippen LogP contribution in [0, 0.1) is 11.8 Å². The number of nitrogens with one attached hydrogen (secondary N) is 1. The lowest BCUT2D eigenvalue weighted by molar-refractivity contribution is -0.129. The number of carbonyl (C=O) groups is 2. The summed E-state index contributed by atoms with van der Waals surface area (Å²) in [5.41, 5.74) is 1.66. The Hall–Kier alpha value is -2.67. The van der Waals surface area contributed by atoms with Gasteiger partial charge in [-0.3, -0.25) is 9.59 Å². The third-order valence-electron chi connectivity index (χ3n) is 5.93. The number of amides is 2. The highest BCUT2D eigenvalue weighted by atomic mass is 127. The van der Waals surface area contributed by atoms with Crippen molar-refractivity contribution in [1.29, 1.82) is 0 Å². The van der Waals surface area contributed by atoms with Gasteiger partial charge in [0.25, 0.3) is 0 Å². The summed E-state index contributed by atoms with van der Waals surface area (Å²) in [6.45, 7) is 4.85. The van der Waals surface area contributed by atoms with Crippen LogP contribution in [0.3, 0.4) is 0 Å². The Morgan fingerprint density at radius 3 is 2.41 bits per heavy atom. The van der Waals surface area contributed by atoms with Crippen molar-refractivity contribution in [3.63, 3.8) is 0 Å². The fraction of sp³-hybridized carbons (Fsp3) is 0.400. The molecule has 1 aromatic carbocycles. The van der Waals surface area contributed by atoms with Crippen LogP contribution in [0.5, 0.6) is 11.5 Å². The van der Waals surface area contributed by atoms with Crippen molar-refractivity contribution in [2.75, 3.05) is 32.6 Å². The number of likely N-dealkylation sites (tertiary alicyclic amines) is 1. The number of carbonyl (C=O) groups excluding carboxylic acids is 2. The lowest BCUT2D eigenvalue weighted by atomic mass is 10.2. The molecule has 2 aromatic heterocycles. The average molecular weight is 728 g/mol. The number of nitrogens with zero attached hydrogens (tertiary/aromatic N) is 5. The summed E-state index contributed by atoms with van der Waals surface area (Å²) in [5, 5.41) is 8.25. The molecule has 12 heteroatoms. The molecular weight excluding hydrogens is 702 g/mol. The van der Waals surface area contributed by atoms with Gasteiger partial charge in [-0.25, -0.2) is 14.6 Å². The average Bonchev–Trinajstić information content (AvgIpc) is 3.52. The summed E-state index contributed by atoms with van der Waals surface area (Å²) in [7, 11) is 3.16. The van der Waals surface area contributed by atoms with Gasteiger partial charge in [0.15, 0.2) is 5.65 Å². The summed E-state index contributed by atoms with van der Waals surface area (Å²) >= 11 is 4.18. The monoisotopic (exact) mass is 728 g/mol. The van der Waals surface area contributed by atoms with Crippen LogP contribution in [0.2, 0.25) is 0 Å². The number of anilines is 1. The molecule has 0 bridgehead atoms. The lowest BCUT2D eigenvalue weighted by Crippen LogP contribution is -2.33. The number of aromatic nitrogens is 4. The van der Waals surface area contributed by atoms with Crippen LogP contribution < -0.4 is 14.8 Å². The summed E-state index contributed by atoms with van der Waals surface area (Å²) in [5.74, 6) is 7.77. The second-order valence-corrected chi connectivity index (χ2v) is 12.3. The first-order valence-corrected chi connectivity index (χ1v) is 14.1. The Balaban J connectivity index is 1.80. The maximum atomic E-state index is 12.6. The first kappa shape index (κ1) is 27.4. The van der Waals surface area contributed by atoms with Crippen LogP contribution in [0.4, 0.5) is 5.82 Å². The molecular formula is C25H26I2N6O4. The molecule has 10 nitrogen and oxygen atoms in total. The smallest absolute Gasteiger partial charge is 0.238 e. The number of halogens is 2. The molecule has 3 aromatic rings. The number of rotatable bonds is 6. The van der Waals surface area contributed by atoms with E-state index in [1.54, 1.807) is 39.3 Å². The maximum Gasteiger partial charge on any atom is 0.238 e. The molecule has 0 radical (unpaired) electrons. The number of hydrogen-bond acceptors (Lipinski definition) is 7. The van der Waals surface area contributed by atoms with Crippen molar-refractivity contribution >= 4 is 73.8 Å². The van der Waals surface area contributed by atoms with E-state index in [0.717, 1.165) is 6.42 Å². The molecule has 4 rings (SSSR count). The van der Waals surface area contributed by atoms with Gasteiger partial charge in [0.1, 0.15) is 29.3 Å². The normalized spacial score (nSPS) is 16.6. The Labute approximate surface area is 242 Å². The van der Waals surface area contributed by atoms with Gasteiger partial charge in [-0.05, 0) is 38.3 Å². The van der Waals surface area contributed by atoms with Gasteiger partial charge >= 0.3 is 0 Å². The molecule has 2 amide bonds. The summed E-state index contributed by atoms with van der Waals surface area (Å²) in [6.07, 6.45) is 2.14. The Morgan fingerprint density at radius 2 is 1.78 bits per heavy atom. The van der Waals surface area contributed by atoms with E-state index >= 15 is 0 Å². The van der Waals surface area contributed by atoms with Gasteiger partial charge in [0.05, 0.1) is 33.5 Å². The summed E-state index contributed by atoms with van der Waals surface area (Å²) in [4.78, 5) is 35.8. The Kier molecular flexibility index (Phi) is 8.73. The number of alkyl halides is 2. The van der Waals surface area contributed by atoms with E-state index in [-0.39, 0.29) is 25.7 Å². The van der Waals surface area contributed by atoms with E-state index in [2.05, 4.69) is 49.7 Å². The zero-order valence-electron chi connectivity index (χ0n) is 20.8. The van der Waals surface area contributed by atoms with Crippen LogP contribution in [-0.2, 0) is 9.59 Å². The van der Waals surface area contributed by atoms with Crippen LogP contribution in [0.15, 0.2) is 24.5 Å². The highest BCUT2D eigenvalue weighted by Gasteiger charge is 2.32. The topological polar surface area (TPSA) is 111 Å². The zero-order valence-corrected chi connectivity index (χ0v) is 25.1. The number of benzene rings is 1. The van der Waals surface area contributed by atoms with Crippen LogP contribution in [0.25, 0.3) is 11.0 Å². The molecule has 1 aliphatic heterocycles. The first-order valence-electron chi connectivity index (χ1n) is 11.6. The number of methoxy groups -OCH3 is 2. The van der Waals surface area contributed by atoms with Crippen molar-refractivity contribution in [3.05, 3.63) is 35.8 Å². The molecule has 37 heavy (non-hydrogen) atoms. The van der Waals surface area contributed by atoms with Crippen LogP contribution in [-0.4, -0.2) is 71.6 Å². The summed E-state index contributed by atoms with van der Waals surface area (Å²) < 4.78 is 12.1. The SMILES string of the molecule is COc1cc(C#Cc2nn([C@H]3CCN(C(=O)C(C)I)C3)c3ncnc(NC(=O)C(C)I)c23)cc(OC)c1. The molecule has 1 saturated heterocycles. The molecule has 1 N–H and O–H groups in total. The fourth-order valence-corrected chi connectivity index (χ4v) is 4.58. The fourth-order valence-electron chi connectivity index (χ4n) is 4.03. The van der Waals surface area contributed by atoms with E-state index in [0.29, 0.717) is 52.7 Å². The highest BCUT2D eigenvalue weighted by molar-refractivity contribution is 14.1. The molecule has 1 aliphatic rings. The van der Waals surface area contributed by atoms with Gasteiger partial charge in [-0.15, -0.1) is 0 Å². The number of ether oxygens (including phenoxy) is 2. The van der Waals surface area contributed by atoms with E-state index in [1.165, 1.54) is 6.33 Å². The minimum absolute atomic E-state index is 0.0731. The standard InChI is InChI=1S/C25H26I2N6O4/c1-14(26)24(34)30-22-21-20(6-5-16-9-18(36-3)11-19(10-16)37-4)31-33(23(21)29-13-28-22)17-7-8-32(12-17)25(35)15(2)27/h9-11,13-15,17H,7-8,12H2,1-4H3,(H,28,29,30,34)/t14?,15?,17-/m0/s1. The molecule has 3 atom stereocenters. The third kappa shape index (κ3) is 6.08. The van der Waals surface area contributed by atoms with E-state index in [4.69, 9.17) is 14.6 Å². The largest absolute Gasteiger partial charge is 0.497 e. The highest BCUT2D eigenvalue weighted by Crippen LogP contribution is 2.30. The number of fused-ring (bicyclic) bond motifs is 1. The van der Waals surface area contributed by atoms with E-state index in [1.807, 2.05) is 39.1 Å². The molecule has 0 spiro atoms. The van der Waals surface area contributed by atoms with Crippen molar-refractivity contribution in [2.45, 2.75) is 34.2 Å². The second kappa shape index (κ2) is 11.8. The van der Waals surface area contributed by atoms with Crippen molar-refractivity contribution in [2.24, 2.45) is 0 Å². The Morgan fingerprint density at radius 1 is 1.08 bits per heavy atom. The molecule has 2 unspecified atom stereocenters. The zero-order chi connectivity index (χ0) is 26.7. The minimum atomic E-state index is -0.263. The molecule has 0 aliphatic carbocycles. The molecule has 194 valence electrons. The minimum Gasteiger partial charge on any atom is -0.497 e. The molecule has 1 fully saturated rings. The van der Waals surface area contributed by atoms with Crippen LogP contribution in [0.1, 0.15) is 37.6 Å². The summed E-state index contributed by atoms with van der Waals surface area (Å²) in [6, 6.07) is 5.30. The predicted octanol–water partition coefficient (Wildman–Crippen LogP) is 3.60. The van der Waals surface area contributed by atoms with Gasteiger partial charge in [0, 0.05) is 24.7 Å². The van der Waals surface area contributed by atoms with Crippen molar-refractivity contribution in [3.8, 4) is 23.3 Å². The van der Waals surface area contributed by atoms with E-state index < -0.39 is 0 Å². The quantitative estimate of drug-likeness (QED) is 0.235. The Bertz CT molecular complexity index is 1370. The van der Waals surface area contributed by atoms with Crippen molar-refractivity contribution < 1.29 is 19.1 Å².